The molecule has 162 valence electrons. The molecular weight excluding hydrogens is 416 g/mol. The molecule has 4 rings (SSSR count). The summed E-state index contributed by atoms with van der Waals surface area (Å²) in [5, 5.41) is 4.22. The van der Waals surface area contributed by atoms with Crippen LogP contribution in [0.4, 0.5) is 0 Å². The van der Waals surface area contributed by atoms with Crippen LogP contribution in [0.3, 0.4) is 0 Å². The molecule has 0 amide bonds. The minimum absolute atomic E-state index is 0.310. The highest BCUT2D eigenvalue weighted by Crippen LogP contribution is 2.36. The van der Waals surface area contributed by atoms with Crippen LogP contribution >= 0.6 is 11.8 Å². The Hall–Kier alpha value is -3.31. The number of aryl methyl sites for hydroxylation is 1. The normalized spacial score (nSPS) is 15.7. The Balaban J connectivity index is 1.75. The van der Waals surface area contributed by atoms with Gasteiger partial charge in [0.25, 0.3) is 0 Å². The van der Waals surface area contributed by atoms with Crippen LogP contribution in [0.5, 0.6) is 0 Å². The predicted octanol–water partition coefficient (Wildman–Crippen LogP) is 5.90. The average Bonchev–Trinajstić information content (AvgIpc) is 2.83. The van der Waals surface area contributed by atoms with Crippen LogP contribution in [0.15, 0.2) is 95.5 Å². The molecule has 0 aromatic heterocycles. The van der Waals surface area contributed by atoms with Crippen molar-refractivity contribution in [3.05, 3.63) is 113 Å². The van der Waals surface area contributed by atoms with Crippen LogP contribution in [0.1, 0.15) is 35.2 Å². The molecule has 0 spiro atoms. The number of hydrogen-bond donors (Lipinski definition) is 1. The van der Waals surface area contributed by atoms with Gasteiger partial charge in [-0.2, -0.15) is 0 Å². The first kappa shape index (κ1) is 21.9. The highest BCUT2D eigenvalue weighted by Gasteiger charge is 2.32. The third-order valence-corrected chi connectivity index (χ3v) is 6.11. The number of thioether (sulfide) groups is 1. The summed E-state index contributed by atoms with van der Waals surface area (Å²) in [5.74, 6) is 0.436. The maximum absolute atomic E-state index is 13.1. The second kappa shape index (κ2) is 10.3. The van der Waals surface area contributed by atoms with Gasteiger partial charge in [0.15, 0.2) is 5.17 Å². The molecule has 1 aliphatic rings. The molecule has 0 radical (unpaired) electrons. The zero-order valence-corrected chi connectivity index (χ0v) is 19.1. The minimum Gasteiger partial charge on any atom is -0.463 e. The molecule has 0 bridgehead atoms. The fourth-order valence-electron chi connectivity index (χ4n) is 3.68. The van der Waals surface area contributed by atoms with Crippen molar-refractivity contribution >= 4 is 28.6 Å². The van der Waals surface area contributed by atoms with E-state index in [0.29, 0.717) is 12.2 Å². The van der Waals surface area contributed by atoms with Crippen molar-refractivity contribution in [3.8, 4) is 0 Å². The Kier molecular flexibility index (Phi) is 7.07. The van der Waals surface area contributed by atoms with Crippen LogP contribution in [-0.2, 0) is 15.3 Å². The third kappa shape index (κ3) is 5.11. The Labute approximate surface area is 193 Å². The molecule has 1 aliphatic heterocycles. The molecule has 3 aromatic rings. The second-order valence-electron chi connectivity index (χ2n) is 7.53. The monoisotopic (exact) mass is 442 g/mol. The molecule has 1 heterocycles. The van der Waals surface area contributed by atoms with E-state index in [4.69, 9.17) is 9.73 Å². The van der Waals surface area contributed by atoms with Crippen LogP contribution < -0.4 is 5.32 Å². The van der Waals surface area contributed by atoms with Crippen molar-refractivity contribution in [3.63, 3.8) is 0 Å². The number of ether oxygens (including phenoxy) is 1. The Bertz CT molecular complexity index is 1140. The van der Waals surface area contributed by atoms with Crippen LogP contribution in [0.25, 0.3) is 5.70 Å². The molecule has 0 fully saturated rings. The van der Waals surface area contributed by atoms with Crippen molar-refractivity contribution in [2.75, 3.05) is 6.61 Å². The lowest BCUT2D eigenvalue weighted by atomic mass is 9.94. The molecule has 0 aliphatic carbocycles. The van der Waals surface area contributed by atoms with Crippen LogP contribution in [-0.4, -0.2) is 17.7 Å². The summed E-state index contributed by atoms with van der Waals surface area (Å²) < 4.78 is 5.45. The van der Waals surface area contributed by atoms with Crippen molar-refractivity contribution < 1.29 is 9.53 Å². The van der Waals surface area contributed by atoms with Gasteiger partial charge in [-0.25, -0.2) is 9.79 Å². The minimum atomic E-state index is -0.438. The van der Waals surface area contributed by atoms with Gasteiger partial charge in [0.05, 0.1) is 17.9 Å². The van der Waals surface area contributed by atoms with E-state index < -0.39 is 6.04 Å². The van der Waals surface area contributed by atoms with Crippen molar-refractivity contribution in [2.24, 2.45) is 4.99 Å². The first-order valence-electron chi connectivity index (χ1n) is 10.7. The maximum atomic E-state index is 13.1. The predicted molar refractivity (Wildman–Crippen MR) is 132 cm³/mol. The van der Waals surface area contributed by atoms with Gasteiger partial charge in [0.2, 0.25) is 0 Å². The fraction of sp³-hybridized carbons (Fsp3) is 0.185. The van der Waals surface area contributed by atoms with Crippen molar-refractivity contribution in [2.45, 2.75) is 25.6 Å². The zero-order chi connectivity index (χ0) is 22.3. The Morgan fingerprint density at radius 3 is 2.41 bits per heavy atom. The topological polar surface area (TPSA) is 50.7 Å². The molecule has 3 aromatic carbocycles. The van der Waals surface area contributed by atoms with Gasteiger partial charge in [-0.05, 0) is 30.5 Å². The van der Waals surface area contributed by atoms with Gasteiger partial charge < -0.3 is 10.1 Å². The number of amidine groups is 1. The summed E-state index contributed by atoms with van der Waals surface area (Å²) in [6, 6.07) is 27.8. The number of benzene rings is 3. The second-order valence-corrected chi connectivity index (χ2v) is 8.49. The maximum Gasteiger partial charge on any atom is 0.338 e. The zero-order valence-electron chi connectivity index (χ0n) is 18.2. The molecule has 0 unspecified atom stereocenters. The van der Waals surface area contributed by atoms with E-state index in [0.717, 1.165) is 27.7 Å². The summed E-state index contributed by atoms with van der Waals surface area (Å²) in [4.78, 5) is 18.1. The molecule has 0 saturated heterocycles. The molecule has 32 heavy (non-hydrogen) atoms. The number of carbonyl (C=O) groups excluding carboxylic acids is 1. The van der Waals surface area contributed by atoms with Gasteiger partial charge in [-0.15, -0.1) is 0 Å². The average molecular weight is 443 g/mol. The number of nitrogens with one attached hydrogen (secondary N) is 1. The quantitative estimate of drug-likeness (QED) is 0.483. The lowest BCUT2D eigenvalue weighted by molar-refractivity contribution is -0.138. The summed E-state index contributed by atoms with van der Waals surface area (Å²) >= 11 is 1.64. The SMILES string of the molecule is CCOC(=O)C1=C(c2ccccc2)NC(SCc2cccc(C)c2)=N[C@H]1c1ccccc1. The Morgan fingerprint density at radius 2 is 1.72 bits per heavy atom. The number of rotatable bonds is 6. The standard InChI is InChI=1S/C27H26N2O2S/c1-3-31-26(30)23-24(21-13-6-4-7-14-21)28-27(29-25(23)22-15-8-5-9-16-22)32-18-20-12-10-11-19(2)17-20/h4-17,24H,3,18H2,1-2H3,(H,28,29)/t24-/m0/s1. The van der Waals surface area contributed by atoms with Crippen LogP contribution in [0, 0.1) is 6.92 Å². The van der Waals surface area contributed by atoms with E-state index >= 15 is 0 Å². The number of esters is 1. The van der Waals surface area contributed by atoms with Gasteiger partial charge in [-0.1, -0.05) is 102 Å². The van der Waals surface area contributed by atoms with E-state index in [1.165, 1.54) is 11.1 Å². The van der Waals surface area contributed by atoms with Crippen molar-refractivity contribution in [1.82, 2.24) is 5.32 Å². The summed E-state index contributed by atoms with van der Waals surface area (Å²) in [5.41, 5.74) is 5.64. The van der Waals surface area contributed by atoms with E-state index in [-0.39, 0.29) is 5.97 Å². The van der Waals surface area contributed by atoms with Gasteiger partial charge in [0, 0.05) is 5.75 Å². The third-order valence-electron chi connectivity index (χ3n) is 5.15. The van der Waals surface area contributed by atoms with Crippen molar-refractivity contribution in [1.29, 1.82) is 0 Å². The van der Waals surface area contributed by atoms with Crippen LogP contribution in [0.2, 0.25) is 0 Å². The molecule has 5 heteroatoms. The summed E-state index contributed by atoms with van der Waals surface area (Å²) in [6.45, 7) is 4.23. The summed E-state index contributed by atoms with van der Waals surface area (Å²) in [7, 11) is 0. The van der Waals surface area contributed by atoms with E-state index in [2.05, 4.69) is 36.5 Å². The first-order chi connectivity index (χ1) is 15.7. The Morgan fingerprint density at radius 1 is 1.00 bits per heavy atom. The first-order valence-corrected chi connectivity index (χ1v) is 11.7. The molecule has 0 saturated carbocycles. The van der Waals surface area contributed by atoms with E-state index in [1.807, 2.05) is 67.6 Å². The summed E-state index contributed by atoms with van der Waals surface area (Å²) in [6.07, 6.45) is 0. The smallest absolute Gasteiger partial charge is 0.338 e. The lowest BCUT2D eigenvalue weighted by Crippen LogP contribution is -2.31. The molecular formula is C27H26N2O2S. The molecule has 1 N–H and O–H groups in total. The number of carbonyl (C=O) groups is 1. The largest absolute Gasteiger partial charge is 0.463 e. The number of aliphatic imine (C=N–C) groups is 1. The van der Waals surface area contributed by atoms with Gasteiger partial charge in [-0.3, -0.25) is 0 Å². The highest BCUT2D eigenvalue weighted by molar-refractivity contribution is 8.13. The molecule has 1 atom stereocenters. The van der Waals surface area contributed by atoms with Gasteiger partial charge in [0.1, 0.15) is 6.04 Å². The molecule has 4 nitrogen and oxygen atoms in total. The number of nitrogens with zero attached hydrogens (tertiary/aromatic N) is 1. The fourth-order valence-corrected chi connectivity index (χ4v) is 4.52. The highest BCUT2D eigenvalue weighted by atomic mass is 32.2. The van der Waals surface area contributed by atoms with Gasteiger partial charge >= 0.3 is 5.97 Å². The van der Waals surface area contributed by atoms with E-state index in [9.17, 15) is 4.79 Å². The lowest BCUT2D eigenvalue weighted by Gasteiger charge is -2.27. The van der Waals surface area contributed by atoms with E-state index in [1.54, 1.807) is 11.8 Å². The number of hydrogen-bond acceptors (Lipinski definition) is 5.